The molecule has 0 atom stereocenters. The van der Waals surface area contributed by atoms with Gasteiger partial charge in [-0.05, 0) is 29.7 Å². The Morgan fingerprint density at radius 1 is 0.615 bits per heavy atom. The maximum atomic E-state index is 8.35. The van der Waals surface area contributed by atoms with Gasteiger partial charge in [0.15, 0.2) is 0 Å². The summed E-state index contributed by atoms with van der Waals surface area (Å²) in [4.78, 5) is 16.7. The molecule has 0 saturated heterocycles. The molecule has 0 amide bonds. The SMILES string of the molecule is Clc1ccccc1.N=C=O.N=C=O.c1ccc(Cc2ccccc2)cc1. The van der Waals surface area contributed by atoms with Gasteiger partial charge in [0.05, 0.1) is 0 Å². The monoisotopic (exact) mass is 366 g/mol. The van der Waals surface area contributed by atoms with Crippen molar-refractivity contribution in [3.63, 3.8) is 0 Å². The summed E-state index contributed by atoms with van der Waals surface area (Å²) in [6, 6.07) is 30.5. The fourth-order valence-electron chi connectivity index (χ4n) is 1.84. The second-order valence-electron chi connectivity index (χ2n) is 4.65. The van der Waals surface area contributed by atoms with Gasteiger partial charge >= 0.3 is 0 Å². The maximum absolute atomic E-state index is 8.35. The molecular weight excluding hydrogens is 348 g/mol. The van der Waals surface area contributed by atoms with Gasteiger partial charge < -0.3 is 0 Å². The molecule has 0 heterocycles. The normalized spacial score (nSPS) is 7.88. The number of hydrogen-bond acceptors (Lipinski definition) is 4. The molecular formula is C21H19ClN2O2. The lowest BCUT2D eigenvalue weighted by molar-refractivity contribution is 0.562. The van der Waals surface area contributed by atoms with Gasteiger partial charge in [0.1, 0.15) is 0 Å². The molecule has 0 aliphatic rings. The average Bonchev–Trinajstić information content (AvgIpc) is 2.66. The average molecular weight is 367 g/mol. The summed E-state index contributed by atoms with van der Waals surface area (Å²) >= 11 is 5.54. The molecule has 0 spiro atoms. The predicted molar refractivity (Wildman–Crippen MR) is 104 cm³/mol. The third-order valence-electron chi connectivity index (χ3n) is 2.83. The van der Waals surface area contributed by atoms with E-state index in [0.29, 0.717) is 0 Å². The van der Waals surface area contributed by atoms with Crippen LogP contribution in [0, 0.1) is 10.8 Å². The largest absolute Gasteiger partial charge is 0.231 e. The van der Waals surface area contributed by atoms with E-state index in [4.69, 9.17) is 32.0 Å². The van der Waals surface area contributed by atoms with E-state index in [9.17, 15) is 0 Å². The van der Waals surface area contributed by atoms with Crippen molar-refractivity contribution in [1.29, 1.82) is 10.8 Å². The highest BCUT2D eigenvalue weighted by Crippen LogP contribution is 2.07. The zero-order valence-electron chi connectivity index (χ0n) is 14.1. The number of halogens is 1. The molecule has 4 nitrogen and oxygen atoms in total. The lowest BCUT2D eigenvalue weighted by atomic mass is 10.1. The summed E-state index contributed by atoms with van der Waals surface area (Å²) in [7, 11) is 0. The first-order valence-corrected chi connectivity index (χ1v) is 7.91. The van der Waals surface area contributed by atoms with Crippen molar-refractivity contribution < 1.29 is 9.59 Å². The predicted octanol–water partition coefficient (Wildman–Crippen LogP) is 5.42. The minimum Gasteiger partial charge on any atom is -0.222 e. The Morgan fingerprint density at radius 3 is 1.12 bits per heavy atom. The number of benzene rings is 3. The van der Waals surface area contributed by atoms with Gasteiger partial charge in [-0.2, -0.15) is 0 Å². The van der Waals surface area contributed by atoms with Gasteiger partial charge in [0, 0.05) is 5.02 Å². The number of nitrogens with one attached hydrogen (secondary N) is 2. The van der Waals surface area contributed by atoms with Crippen LogP contribution in [0.1, 0.15) is 11.1 Å². The lowest BCUT2D eigenvalue weighted by Gasteiger charge is -2.00. The van der Waals surface area contributed by atoms with Crippen LogP contribution < -0.4 is 0 Å². The molecule has 132 valence electrons. The Hall–Kier alpha value is -3.29. The highest BCUT2D eigenvalue weighted by molar-refractivity contribution is 6.30. The summed E-state index contributed by atoms with van der Waals surface area (Å²) < 4.78 is 0. The summed E-state index contributed by atoms with van der Waals surface area (Å²) in [5.41, 5.74) is 2.74. The molecule has 2 N–H and O–H groups in total. The topological polar surface area (TPSA) is 81.8 Å². The van der Waals surface area contributed by atoms with Crippen LogP contribution in [0.5, 0.6) is 0 Å². The second kappa shape index (κ2) is 16.6. The fourth-order valence-corrected chi connectivity index (χ4v) is 1.99. The summed E-state index contributed by atoms with van der Waals surface area (Å²) in [6.45, 7) is 0. The molecule has 0 saturated carbocycles. The van der Waals surface area contributed by atoms with Crippen molar-refractivity contribution in [2.75, 3.05) is 0 Å². The number of rotatable bonds is 2. The van der Waals surface area contributed by atoms with Gasteiger partial charge in [-0.1, -0.05) is 90.5 Å². The van der Waals surface area contributed by atoms with Crippen molar-refractivity contribution in [2.24, 2.45) is 0 Å². The third kappa shape index (κ3) is 13.2. The van der Waals surface area contributed by atoms with Crippen molar-refractivity contribution in [2.45, 2.75) is 6.42 Å². The van der Waals surface area contributed by atoms with Crippen LogP contribution >= 0.6 is 11.6 Å². The van der Waals surface area contributed by atoms with Crippen molar-refractivity contribution in [3.05, 3.63) is 107 Å². The quantitative estimate of drug-likeness (QED) is 0.469. The van der Waals surface area contributed by atoms with E-state index in [-0.39, 0.29) is 0 Å². The van der Waals surface area contributed by atoms with Crippen LogP contribution in [0.15, 0.2) is 91.0 Å². The molecule has 3 rings (SSSR count). The van der Waals surface area contributed by atoms with Gasteiger partial charge in [-0.3, -0.25) is 0 Å². The Bertz CT molecular complexity index is 717. The first-order valence-electron chi connectivity index (χ1n) is 7.54. The molecule has 26 heavy (non-hydrogen) atoms. The fraction of sp³-hybridized carbons (Fsp3) is 0.0476. The maximum Gasteiger partial charge on any atom is 0.231 e. The summed E-state index contributed by atoms with van der Waals surface area (Å²) in [5.74, 6) is 0. The Kier molecular flexibility index (Phi) is 14.5. The first-order chi connectivity index (χ1) is 12.7. The van der Waals surface area contributed by atoms with Gasteiger partial charge in [0.2, 0.25) is 12.2 Å². The van der Waals surface area contributed by atoms with E-state index in [1.165, 1.54) is 11.1 Å². The van der Waals surface area contributed by atoms with Crippen molar-refractivity contribution in [3.8, 4) is 0 Å². The Morgan fingerprint density at radius 2 is 0.885 bits per heavy atom. The Labute approximate surface area is 158 Å². The van der Waals surface area contributed by atoms with E-state index >= 15 is 0 Å². The van der Waals surface area contributed by atoms with Crippen LogP contribution in [-0.2, 0) is 16.0 Å². The van der Waals surface area contributed by atoms with Crippen molar-refractivity contribution >= 4 is 23.8 Å². The van der Waals surface area contributed by atoms with E-state index in [2.05, 4.69) is 60.7 Å². The molecule has 0 unspecified atom stereocenters. The molecule has 0 fully saturated rings. The van der Waals surface area contributed by atoms with Crippen LogP contribution in [0.3, 0.4) is 0 Å². The summed E-state index contributed by atoms with van der Waals surface area (Å²) in [5, 5.41) is 11.6. The molecule has 0 aromatic heterocycles. The Balaban J connectivity index is 0.000000405. The number of hydrogen-bond donors (Lipinski definition) is 2. The third-order valence-corrected chi connectivity index (χ3v) is 3.08. The smallest absolute Gasteiger partial charge is 0.222 e. The number of carbonyl (C=O) groups excluding carboxylic acids is 2. The van der Waals surface area contributed by atoms with E-state index in [1.54, 1.807) is 0 Å². The van der Waals surface area contributed by atoms with Crippen LogP contribution in [0.4, 0.5) is 0 Å². The molecule has 0 aliphatic carbocycles. The standard InChI is InChI=1S/C13H12.C6H5Cl.2CHNO/c1-3-7-12(8-4-1)11-13-9-5-2-6-10-13;7-6-4-2-1-3-5-6;2*2-1-3/h1-10H,11H2;1-5H;2*2H. The molecule has 0 aliphatic heterocycles. The lowest BCUT2D eigenvalue weighted by Crippen LogP contribution is -1.85. The highest BCUT2D eigenvalue weighted by Gasteiger charge is 1.92. The second-order valence-corrected chi connectivity index (χ2v) is 5.08. The van der Waals surface area contributed by atoms with Crippen LogP contribution in [0.2, 0.25) is 5.02 Å². The molecule has 3 aromatic carbocycles. The first kappa shape index (κ1) is 22.7. The van der Waals surface area contributed by atoms with Crippen LogP contribution in [-0.4, -0.2) is 12.2 Å². The van der Waals surface area contributed by atoms with Gasteiger partial charge in [0.25, 0.3) is 0 Å². The highest BCUT2D eigenvalue weighted by atomic mass is 35.5. The van der Waals surface area contributed by atoms with Gasteiger partial charge in [-0.25, -0.2) is 20.4 Å². The zero-order valence-corrected chi connectivity index (χ0v) is 14.8. The molecule has 0 radical (unpaired) electrons. The molecule has 3 aromatic rings. The molecule has 0 bridgehead atoms. The minimum absolute atomic E-state index is 0.750. The van der Waals surface area contributed by atoms with E-state index in [1.807, 2.05) is 30.3 Å². The van der Waals surface area contributed by atoms with Gasteiger partial charge in [-0.15, -0.1) is 0 Å². The van der Waals surface area contributed by atoms with E-state index in [0.717, 1.165) is 23.6 Å². The zero-order chi connectivity index (χ0) is 19.5. The number of isocyanates is 2. The minimum atomic E-state index is 0.750. The van der Waals surface area contributed by atoms with Crippen molar-refractivity contribution in [1.82, 2.24) is 0 Å². The molecule has 5 heteroatoms. The van der Waals surface area contributed by atoms with Crippen LogP contribution in [0.25, 0.3) is 0 Å². The van der Waals surface area contributed by atoms with E-state index < -0.39 is 0 Å². The summed E-state index contributed by atoms with van der Waals surface area (Å²) in [6.07, 6.45) is 2.53.